The van der Waals surface area contributed by atoms with Crippen LogP contribution in [0, 0.1) is 0 Å². The van der Waals surface area contributed by atoms with Crippen molar-refractivity contribution in [3.05, 3.63) is 29.0 Å². The van der Waals surface area contributed by atoms with Gasteiger partial charge in [-0.2, -0.15) is 0 Å². The van der Waals surface area contributed by atoms with E-state index in [1.165, 1.54) is 0 Å². The summed E-state index contributed by atoms with van der Waals surface area (Å²) < 4.78 is 5.56. The standard InChI is InChI=1S/C9H11ClN2O/c10-9-2-1-7(5-12-9)8-6-11-3-4-13-8/h1-2,5,8,11H,3-4,6H2. The van der Waals surface area contributed by atoms with Crippen LogP contribution >= 0.6 is 11.6 Å². The maximum absolute atomic E-state index is 5.68. The van der Waals surface area contributed by atoms with Gasteiger partial charge in [0, 0.05) is 24.8 Å². The van der Waals surface area contributed by atoms with Gasteiger partial charge in [0.15, 0.2) is 0 Å². The molecule has 70 valence electrons. The van der Waals surface area contributed by atoms with Crippen molar-refractivity contribution in [2.75, 3.05) is 19.7 Å². The van der Waals surface area contributed by atoms with Gasteiger partial charge in [-0.3, -0.25) is 0 Å². The van der Waals surface area contributed by atoms with Crippen molar-refractivity contribution < 1.29 is 4.74 Å². The summed E-state index contributed by atoms with van der Waals surface area (Å²) in [7, 11) is 0. The van der Waals surface area contributed by atoms with E-state index in [1.807, 2.05) is 6.07 Å². The normalized spacial score (nSPS) is 23.0. The van der Waals surface area contributed by atoms with E-state index >= 15 is 0 Å². The van der Waals surface area contributed by atoms with Gasteiger partial charge in [0.2, 0.25) is 0 Å². The van der Waals surface area contributed by atoms with Crippen molar-refractivity contribution in [3.63, 3.8) is 0 Å². The molecule has 1 atom stereocenters. The maximum atomic E-state index is 5.68. The van der Waals surface area contributed by atoms with E-state index in [9.17, 15) is 0 Å². The van der Waals surface area contributed by atoms with E-state index in [0.717, 1.165) is 25.3 Å². The van der Waals surface area contributed by atoms with Crippen LogP contribution < -0.4 is 5.32 Å². The molecule has 1 aromatic heterocycles. The minimum atomic E-state index is 0.124. The van der Waals surface area contributed by atoms with Gasteiger partial charge in [-0.05, 0) is 6.07 Å². The van der Waals surface area contributed by atoms with Gasteiger partial charge in [0.25, 0.3) is 0 Å². The predicted molar refractivity (Wildman–Crippen MR) is 50.8 cm³/mol. The van der Waals surface area contributed by atoms with Crippen LogP contribution in [0.3, 0.4) is 0 Å². The van der Waals surface area contributed by atoms with Gasteiger partial charge in [-0.1, -0.05) is 17.7 Å². The van der Waals surface area contributed by atoms with Crippen LogP contribution in [0.15, 0.2) is 18.3 Å². The minimum Gasteiger partial charge on any atom is -0.371 e. The van der Waals surface area contributed by atoms with E-state index < -0.39 is 0 Å². The van der Waals surface area contributed by atoms with Crippen molar-refractivity contribution in [1.29, 1.82) is 0 Å². The highest BCUT2D eigenvalue weighted by molar-refractivity contribution is 6.29. The fraction of sp³-hybridized carbons (Fsp3) is 0.444. The van der Waals surface area contributed by atoms with Crippen molar-refractivity contribution >= 4 is 11.6 Å². The Morgan fingerprint density at radius 3 is 3.08 bits per heavy atom. The molecule has 0 aliphatic carbocycles. The summed E-state index contributed by atoms with van der Waals surface area (Å²) >= 11 is 5.68. The summed E-state index contributed by atoms with van der Waals surface area (Å²) in [5, 5.41) is 3.78. The Morgan fingerprint density at radius 2 is 2.46 bits per heavy atom. The quantitative estimate of drug-likeness (QED) is 0.693. The number of morpholine rings is 1. The van der Waals surface area contributed by atoms with Crippen LogP contribution in [-0.2, 0) is 4.74 Å². The molecular formula is C9H11ClN2O. The number of aromatic nitrogens is 1. The van der Waals surface area contributed by atoms with Crippen LogP contribution in [0.5, 0.6) is 0 Å². The Labute approximate surface area is 82.1 Å². The average molecular weight is 199 g/mol. The maximum Gasteiger partial charge on any atom is 0.129 e. The largest absolute Gasteiger partial charge is 0.371 e. The minimum absolute atomic E-state index is 0.124. The second-order valence-electron chi connectivity index (χ2n) is 2.98. The third kappa shape index (κ3) is 2.18. The Balaban J connectivity index is 2.10. The molecule has 0 saturated carbocycles. The molecule has 0 radical (unpaired) electrons. The van der Waals surface area contributed by atoms with Crippen molar-refractivity contribution in [3.8, 4) is 0 Å². The SMILES string of the molecule is Clc1ccc(C2CNCCO2)cn1. The smallest absolute Gasteiger partial charge is 0.129 e. The zero-order valence-electron chi connectivity index (χ0n) is 7.16. The topological polar surface area (TPSA) is 34.1 Å². The lowest BCUT2D eigenvalue weighted by molar-refractivity contribution is 0.0275. The molecule has 3 nitrogen and oxygen atoms in total. The van der Waals surface area contributed by atoms with Crippen molar-refractivity contribution in [1.82, 2.24) is 10.3 Å². The summed E-state index contributed by atoms with van der Waals surface area (Å²) in [4.78, 5) is 4.01. The fourth-order valence-electron chi connectivity index (χ4n) is 1.36. The molecule has 2 rings (SSSR count). The molecule has 0 amide bonds. The number of nitrogens with zero attached hydrogens (tertiary/aromatic N) is 1. The molecule has 0 aromatic carbocycles. The molecule has 1 aliphatic rings. The monoisotopic (exact) mass is 198 g/mol. The molecule has 0 spiro atoms. The predicted octanol–water partition coefficient (Wildman–Crippen LogP) is 1.40. The molecular weight excluding hydrogens is 188 g/mol. The number of hydrogen-bond acceptors (Lipinski definition) is 3. The zero-order valence-corrected chi connectivity index (χ0v) is 7.92. The molecule has 1 aromatic rings. The lowest BCUT2D eigenvalue weighted by atomic mass is 10.1. The van der Waals surface area contributed by atoms with Gasteiger partial charge < -0.3 is 10.1 Å². The first-order valence-electron chi connectivity index (χ1n) is 4.30. The first-order chi connectivity index (χ1) is 6.36. The summed E-state index contributed by atoms with van der Waals surface area (Å²) in [6.07, 6.45) is 1.89. The summed E-state index contributed by atoms with van der Waals surface area (Å²) in [5.74, 6) is 0. The zero-order chi connectivity index (χ0) is 9.10. The molecule has 1 fully saturated rings. The highest BCUT2D eigenvalue weighted by Crippen LogP contribution is 2.18. The third-order valence-corrected chi connectivity index (χ3v) is 2.27. The molecule has 4 heteroatoms. The van der Waals surface area contributed by atoms with Gasteiger partial charge >= 0.3 is 0 Å². The number of nitrogens with one attached hydrogen (secondary N) is 1. The van der Waals surface area contributed by atoms with Gasteiger partial charge in [-0.25, -0.2) is 4.98 Å². The average Bonchev–Trinajstić information content (AvgIpc) is 2.20. The molecule has 1 unspecified atom stereocenters. The van der Waals surface area contributed by atoms with Crippen molar-refractivity contribution in [2.24, 2.45) is 0 Å². The lowest BCUT2D eigenvalue weighted by Gasteiger charge is -2.23. The highest BCUT2D eigenvalue weighted by atomic mass is 35.5. The van der Waals surface area contributed by atoms with Gasteiger partial charge in [-0.15, -0.1) is 0 Å². The van der Waals surface area contributed by atoms with Crippen LogP contribution in [0.1, 0.15) is 11.7 Å². The lowest BCUT2D eigenvalue weighted by Crippen LogP contribution is -2.33. The summed E-state index contributed by atoms with van der Waals surface area (Å²) in [6.45, 7) is 2.54. The Hall–Kier alpha value is -0.640. The van der Waals surface area contributed by atoms with Gasteiger partial charge in [0.05, 0.1) is 12.7 Å². The van der Waals surface area contributed by atoms with E-state index in [4.69, 9.17) is 16.3 Å². The highest BCUT2D eigenvalue weighted by Gasteiger charge is 2.15. The first-order valence-corrected chi connectivity index (χ1v) is 4.68. The second kappa shape index (κ2) is 4.05. The first kappa shape index (κ1) is 8.94. The molecule has 1 N–H and O–H groups in total. The Bertz CT molecular complexity index is 269. The number of pyridine rings is 1. The van der Waals surface area contributed by atoms with Crippen LogP contribution in [0.2, 0.25) is 5.15 Å². The number of hydrogen-bond donors (Lipinski definition) is 1. The van der Waals surface area contributed by atoms with E-state index in [-0.39, 0.29) is 6.10 Å². The van der Waals surface area contributed by atoms with Gasteiger partial charge in [0.1, 0.15) is 5.15 Å². The molecule has 1 aliphatic heterocycles. The van der Waals surface area contributed by atoms with E-state index in [0.29, 0.717) is 5.15 Å². The summed E-state index contributed by atoms with van der Waals surface area (Å²) in [6, 6.07) is 3.74. The van der Waals surface area contributed by atoms with Crippen molar-refractivity contribution in [2.45, 2.75) is 6.10 Å². The fourth-order valence-corrected chi connectivity index (χ4v) is 1.47. The van der Waals surface area contributed by atoms with E-state index in [2.05, 4.69) is 10.3 Å². The Kier molecular flexibility index (Phi) is 2.78. The summed E-state index contributed by atoms with van der Waals surface area (Å²) in [5.41, 5.74) is 1.08. The molecule has 0 bridgehead atoms. The van der Waals surface area contributed by atoms with Crippen LogP contribution in [0.4, 0.5) is 0 Å². The molecule has 13 heavy (non-hydrogen) atoms. The molecule has 1 saturated heterocycles. The van der Waals surface area contributed by atoms with E-state index in [1.54, 1.807) is 12.3 Å². The Morgan fingerprint density at radius 1 is 1.54 bits per heavy atom. The molecule has 2 heterocycles. The number of ether oxygens (including phenoxy) is 1. The van der Waals surface area contributed by atoms with Crippen LogP contribution in [0.25, 0.3) is 0 Å². The second-order valence-corrected chi connectivity index (χ2v) is 3.37. The number of halogens is 1. The van der Waals surface area contributed by atoms with Crippen LogP contribution in [-0.4, -0.2) is 24.7 Å². The third-order valence-electron chi connectivity index (χ3n) is 2.05. The number of rotatable bonds is 1.